The number of nitrogens with zero attached hydrogens (tertiary/aromatic N) is 1. The summed E-state index contributed by atoms with van der Waals surface area (Å²) in [5.41, 5.74) is 0. The van der Waals surface area contributed by atoms with Gasteiger partial charge in [0.25, 0.3) is 0 Å². The molecule has 4 heteroatoms. The van der Waals surface area contributed by atoms with E-state index >= 15 is 0 Å². The summed E-state index contributed by atoms with van der Waals surface area (Å²) in [5, 5.41) is 3.03. The highest BCUT2D eigenvalue weighted by Gasteiger charge is 2.23. The highest BCUT2D eigenvalue weighted by Crippen LogP contribution is 2.04. The lowest BCUT2D eigenvalue weighted by Crippen LogP contribution is -2.49. The summed E-state index contributed by atoms with van der Waals surface area (Å²) >= 11 is 0. The third-order valence-corrected chi connectivity index (χ3v) is 2.03. The molecule has 0 aromatic heterocycles. The van der Waals surface area contributed by atoms with E-state index in [0.717, 1.165) is 19.6 Å². The predicted molar refractivity (Wildman–Crippen MR) is 45.9 cm³/mol. The summed E-state index contributed by atoms with van der Waals surface area (Å²) in [5.74, 6) is 0.102. The third-order valence-electron chi connectivity index (χ3n) is 2.03. The van der Waals surface area contributed by atoms with Crippen LogP contribution in [0.2, 0.25) is 0 Å². The van der Waals surface area contributed by atoms with Crippen molar-refractivity contribution < 1.29 is 9.53 Å². The molecule has 1 saturated heterocycles. The second kappa shape index (κ2) is 4.42. The first-order valence-corrected chi connectivity index (χ1v) is 4.32. The van der Waals surface area contributed by atoms with E-state index in [1.54, 1.807) is 0 Å². The van der Waals surface area contributed by atoms with Crippen LogP contribution in [0.4, 0.5) is 0 Å². The number of morpholine rings is 1. The zero-order valence-corrected chi connectivity index (χ0v) is 7.67. The van der Waals surface area contributed by atoms with Gasteiger partial charge in [-0.1, -0.05) is 0 Å². The number of likely N-dealkylation sites (N-methyl/N-ethyl adjacent to an activating group) is 2. The van der Waals surface area contributed by atoms with E-state index in [1.807, 2.05) is 18.9 Å². The van der Waals surface area contributed by atoms with Crippen LogP contribution in [0.3, 0.4) is 0 Å². The first kappa shape index (κ1) is 9.48. The molecule has 1 unspecified atom stereocenters. The summed E-state index contributed by atoms with van der Waals surface area (Å²) in [6.45, 7) is 4.53. The molecule has 0 aromatic rings. The molecule has 1 atom stereocenters. The molecule has 70 valence electrons. The SMILES string of the molecule is CCN1CC(CNC)OCC1=O. The molecular formula is C8H16N2O2. The Labute approximate surface area is 72.9 Å². The summed E-state index contributed by atoms with van der Waals surface area (Å²) in [4.78, 5) is 13.0. The number of hydrogen-bond acceptors (Lipinski definition) is 3. The lowest BCUT2D eigenvalue weighted by Gasteiger charge is -2.31. The second-order valence-corrected chi connectivity index (χ2v) is 2.92. The van der Waals surface area contributed by atoms with Crippen LogP contribution in [0.15, 0.2) is 0 Å². The smallest absolute Gasteiger partial charge is 0.248 e. The highest BCUT2D eigenvalue weighted by molar-refractivity contribution is 5.78. The van der Waals surface area contributed by atoms with Crippen LogP contribution in [-0.2, 0) is 9.53 Å². The Morgan fingerprint density at radius 2 is 2.50 bits per heavy atom. The largest absolute Gasteiger partial charge is 0.365 e. The van der Waals surface area contributed by atoms with Crippen molar-refractivity contribution in [2.45, 2.75) is 13.0 Å². The van der Waals surface area contributed by atoms with Gasteiger partial charge in [-0.05, 0) is 14.0 Å². The molecule has 0 spiro atoms. The van der Waals surface area contributed by atoms with E-state index in [2.05, 4.69) is 5.32 Å². The molecule has 12 heavy (non-hydrogen) atoms. The van der Waals surface area contributed by atoms with E-state index in [1.165, 1.54) is 0 Å². The van der Waals surface area contributed by atoms with Crippen LogP contribution in [0.25, 0.3) is 0 Å². The summed E-state index contributed by atoms with van der Waals surface area (Å²) in [7, 11) is 1.88. The van der Waals surface area contributed by atoms with Gasteiger partial charge in [-0.2, -0.15) is 0 Å². The molecule has 4 nitrogen and oxygen atoms in total. The number of nitrogens with one attached hydrogen (secondary N) is 1. The quantitative estimate of drug-likeness (QED) is 0.621. The maximum atomic E-state index is 11.2. The van der Waals surface area contributed by atoms with Gasteiger partial charge in [0.1, 0.15) is 6.61 Å². The van der Waals surface area contributed by atoms with E-state index in [9.17, 15) is 4.79 Å². The fourth-order valence-electron chi connectivity index (χ4n) is 1.34. The molecule has 1 heterocycles. The van der Waals surface area contributed by atoms with Crippen molar-refractivity contribution in [1.29, 1.82) is 0 Å². The molecule has 0 aliphatic carbocycles. The Morgan fingerprint density at radius 3 is 3.08 bits per heavy atom. The maximum absolute atomic E-state index is 11.2. The molecule has 0 radical (unpaired) electrons. The van der Waals surface area contributed by atoms with Gasteiger partial charge in [0.2, 0.25) is 5.91 Å². The van der Waals surface area contributed by atoms with Crippen molar-refractivity contribution in [1.82, 2.24) is 10.2 Å². The monoisotopic (exact) mass is 172 g/mol. The number of ether oxygens (including phenoxy) is 1. The number of carbonyl (C=O) groups excluding carboxylic acids is 1. The van der Waals surface area contributed by atoms with Gasteiger partial charge in [-0.15, -0.1) is 0 Å². The molecule has 1 rings (SSSR count). The van der Waals surface area contributed by atoms with Crippen molar-refractivity contribution in [2.24, 2.45) is 0 Å². The molecular weight excluding hydrogens is 156 g/mol. The van der Waals surface area contributed by atoms with Gasteiger partial charge in [-0.3, -0.25) is 4.79 Å². The first-order valence-electron chi connectivity index (χ1n) is 4.32. The van der Waals surface area contributed by atoms with Gasteiger partial charge in [-0.25, -0.2) is 0 Å². The van der Waals surface area contributed by atoms with E-state index < -0.39 is 0 Å². The average molecular weight is 172 g/mol. The standard InChI is InChI=1S/C8H16N2O2/c1-3-10-5-7(4-9-2)12-6-8(10)11/h7,9H,3-6H2,1-2H3. The summed E-state index contributed by atoms with van der Waals surface area (Å²) in [6.07, 6.45) is 0.160. The molecule has 1 N–H and O–H groups in total. The molecule has 0 saturated carbocycles. The van der Waals surface area contributed by atoms with Gasteiger partial charge in [0, 0.05) is 19.6 Å². The maximum Gasteiger partial charge on any atom is 0.248 e. The van der Waals surface area contributed by atoms with E-state index in [4.69, 9.17) is 4.74 Å². The van der Waals surface area contributed by atoms with Crippen LogP contribution in [-0.4, -0.2) is 50.2 Å². The highest BCUT2D eigenvalue weighted by atomic mass is 16.5. The van der Waals surface area contributed by atoms with Gasteiger partial charge < -0.3 is 15.0 Å². The summed E-state index contributed by atoms with van der Waals surface area (Å²) in [6, 6.07) is 0. The minimum atomic E-state index is 0.102. The fourth-order valence-corrected chi connectivity index (χ4v) is 1.34. The zero-order chi connectivity index (χ0) is 8.97. The van der Waals surface area contributed by atoms with Crippen molar-refractivity contribution in [3.63, 3.8) is 0 Å². The second-order valence-electron chi connectivity index (χ2n) is 2.92. The lowest BCUT2D eigenvalue weighted by molar-refractivity contribution is -0.148. The van der Waals surface area contributed by atoms with Crippen molar-refractivity contribution >= 4 is 5.91 Å². The normalized spacial score (nSPS) is 24.7. The Bertz CT molecular complexity index is 161. The number of carbonyl (C=O) groups is 1. The topological polar surface area (TPSA) is 41.6 Å². The fraction of sp³-hybridized carbons (Fsp3) is 0.875. The average Bonchev–Trinajstić information content (AvgIpc) is 2.09. The Hall–Kier alpha value is -0.610. The molecule has 1 aliphatic rings. The van der Waals surface area contributed by atoms with Gasteiger partial charge in [0.15, 0.2) is 0 Å². The van der Waals surface area contributed by atoms with Crippen LogP contribution >= 0.6 is 0 Å². The minimum Gasteiger partial charge on any atom is -0.365 e. The Balaban J connectivity index is 2.38. The molecule has 1 amide bonds. The van der Waals surface area contributed by atoms with Gasteiger partial charge >= 0.3 is 0 Å². The lowest BCUT2D eigenvalue weighted by atomic mass is 10.2. The van der Waals surface area contributed by atoms with Crippen molar-refractivity contribution in [2.75, 3.05) is 33.3 Å². The van der Waals surface area contributed by atoms with Crippen molar-refractivity contribution in [3.8, 4) is 0 Å². The zero-order valence-electron chi connectivity index (χ0n) is 7.67. The number of amides is 1. The Kier molecular flexibility index (Phi) is 3.49. The molecule has 1 fully saturated rings. The predicted octanol–water partition coefficient (Wildman–Crippen LogP) is -0.547. The Morgan fingerprint density at radius 1 is 1.75 bits per heavy atom. The van der Waals surface area contributed by atoms with Crippen LogP contribution in [0, 0.1) is 0 Å². The molecule has 0 bridgehead atoms. The van der Waals surface area contributed by atoms with Crippen LogP contribution in [0.5, 0.6) is 0 Å². The van der Waals surface area contributed by atoms with E-state index in [0.29, 0.717) is 0 Å². The van der Waals surface area contributed by atoms with Crippen molar-refractivity contribution in [3.05, 3.63) is 0 Å². The minimum absolute atomic E-state index is 0.102. The van der Waals surface area contributed by atoms with Gasteiger partial charge in [0.05, 0.1) is 6.10 Å². The third kappa shape index (κ3) is 2.19. The molecule has 0 aromatic carbocycles. The van der Waals surface area contributed by atoms with Crippen LogP contribution < -0.4 is 5.32 Å². The first-order chi connectivity index (χ1) is 5.77. The number of rotatable bonds is 3. The summed E-state index contributed by atoms with van der Waals surface area (Å²) < 4.78 is 5.31. The van der Waals surface area contributed by atoms with Crippen LogP contribution in [0.1, 0.15) is 6.92 Å². The molecule has 1 aliphatic heterocycles. The number of hydrogen-bond donors (Lipinski definition) is 1. The van der Waals surface area contributed by atoms with E-state index in [-0.39, 0.29) is 18.6 Å².